The summed E-state index contributed by atoms with van der Waals surface area (Å²) < 4.78 is 3.31. The van der Waals surface area contributed by atoms with Crippen LogP contribution in [0, 0.1) is 12.8 Å². The number of hydrogen-bond acceptors (Lipinski definition) is 4. The second kappa shape index (κ2) is 5.09. The van der Waals surface area contributed by atoms with Crippen molar-refractivity contribution in [3.05, 3.63) is 50.7 Å². The summed E-state index contributed by atoms with van der Waals surface area (Å²) >= 11 is 0. The highest BCUT2D eigenvalue weighted by molar-refractivity contribution is 5.77. The second-order valence-electron chi connectivity index (χ2n) is 6.57. The molecule has 1 atom stereocenters. The Bertz CT molecular complexity index is 1060. The maximum Gasteiger partial charge on any atom is 0.329 e. The predicted octanol–water partition coefficient (Wildman–Crippen LogP) is 1.52. The lowest BCUT2D eigenvalue weighted by Gasteiger charge is -2.33. The minimum atomic E-state index is -0.446. The van der Waals surface area contributed by atoms with Crippen molar-refractivity contribution in [2.75, 3.05) is 11.4 Å². The summed E-state index contributed by atoms with van der Waals surface area (Å²) in [5.41, 5.74) is 2.25. The standard InChI is InChI=1S/C17H19N5O2/c1-10-5-4-6-12(7-10)21-8-11(2)9-22-13-14(18-16(21)22)20(3)17(24)19-15(13)23/h4-7,11H,8-9H2,1-3H3,(H,19,23,24). The minimum absolute atomic E-state index is 0.354. The second-order valence-corrected chi connectivity index (χ2v) is 6.57. The fraction of sp³-hybridized carbons (Fsp3) is 0.353. The van der Waals surface area contributed by atoms with E-state index in [1.54, 1.807) is 7.05 Å². The van der Waals surface area contributed by atoms with Crippen molar-refractivity contribution in [1.29, 1.82) is 0 Å². The molecule has 7 nitrogen and oxygen atoms in total. The third-order valence-corrected chi connectivity index (χ3v) is 4.53. The van der Waals surface area contributed by atoms with Gasteiger partial charge in [0.15, 0.2) is 11.2 Å². The van der Waals surface area contributed by atoms with Gasteiger partial charge in [0.2, 0.25) is 5.95 Å². The van der Waals surface area contributed by atoms with Crippen LogP contribution in [0.4, 0.5) is 11.6 Å². The molecule has 1 aliphatic heterocycles. The van der Waals surface area contributed by atoms with Crippen LogP contribution in [0.25, 0.3) is 11.2 Å². The molecule has 1 aliphatic rings. The lowest BCUT2D eigenvalue weighted by molar-refractivity contribution is 0.458. The number of hydrogen-bond donors (Lipinski definition) is 1. The first kappa shape index (κ1) is 14.7. The summed E-state index contributed by atoms with van der Waals surface area (Å²) in [6.45, 7) is 5.72. The summed E-state index contributed by atoms with van der Waals surface area (Å²) in [5, 5.41) is 0. The van der Waals surface area contributed by atoms with Crippen LogP contribution in [0.3, 0.4) is 0 Å². The van der Waals surface area contributed by atoms with Crippen LogP contribution in [0.5, 0.6) is 0 Å². The third kappa shape index (κ3) is 2.08. The number of nitrogens with zero attached hydrogens (tertiary/aromatic N) is 4. The van der Waals surface area contributed by atoms with E-state index in [1.807, 2.05) is 29.7 Å². The maximum absolute atomic E-state index is 12.3. The largest absolute Gasteiger partial charge is 0.329 e. The Morgan fingerprint density at radius 1 is 1.25 bits per heavy atom. The van der Waals surface area contributed by atoms with Gasteiger partial charge in [0.05, 0.1) is 0 Å². The van der Waals surface area contributed by atoms with Crippen LogP contribution < -0.4 is 16.1 Å². The quantitative estimate of drug-likeness (QED) is 0.736. The SMILES string of the molecule is Cc1cccc(N2CC(C)Cn3c2nc2c3c(=O)[nH]c(=O)n2C)c1. The molecule has 0 saturated carbocycles. The zero-order chi connectivity index (χ0) is 17.0. The van der Waals surface area contributed by atoms with Gasteiger partial charge in [-0.25, -0.2) is 4.79 Å². The number of rotatable bonds is 1. The van der Waals surface area contributed by atoms with E-state index in [-0.39, 0.29) is 5.56 Å². The molecule has 24 heavy (non-hydrogen) atoms. The fourth-order valence-electron chi connectivity index (χ4n) is 3.38. The Kier molecular flexibility index (Phi) is 3.13. The number of aryl methyl sites for hydroxylation is 2. The van der Waals surface area contributed by atoms with Crippen LogP contribution >= 0.6 is 0 Å². The van der Waals surface area contributed by atoms with E-state index in [0.717, 1.165) is 12.2 Å². The van der Waals surface area contributed by atoms with Gasteiger partial charge in [0.1, 0.15) is 0 Å². The van der Waals surface area contributed by atoms with Crippen molar-refractivity contribution >= 4 is 22.8 Å². The molecule has 2 aromatic heterocycles. The van der Waals surface area contributed by atoms with E-state index >= 15 is 0 Å². The van der Waals surface area contributed by atoms with Gasteiger partial charge >= 0.3 is 5.69 Å². The molecule has 0 spiro atoms. The molecule has 1 N–H and O–H groups in total. The summed E-state index contributed by atoms with van der Waals surface area (Å²) in [6, 6.07) is 8.21. The van der Waals surface area contributed by atoms with Gasteiger partial charge in [-0.2, -0.15) is 4.98 Å². The van der Waals surface area contributed by atoms with Crippen molar-refractivity contribution in [1.82, 2.24) is 19.1 Å². The molecular formula is C17H19N5O2. The summed E-state index contributed by atoms with van der Waals surface area (Å²) in [4.78, 5) is 33.3. The summed E-state index contributed by atoms with van der Waals surface area (Å²) in [6.07, 6.45) is 0. The highest BCUT2D eigenvalue weighted by atomic mass is 16.2. The molecule has 1 aromatic carbocycles. The maximum atomic E-state index is 12.3. The van der Waals surface area contributed by atoms with E-state index in [2.05, 4.69) is 27.9 Å². The van der Waals surface area contributed by atoms with E-state index < -0.39 is 5.69 Å². The van der Waals surface area contributed by atoms with Crippen molar-refractivity contribution in [3.8, 4) is 0 Å². The number of imidazole rings is 1. The first-order chi connectivity index (χ1) is 11.5. The van der Waals surface area contributed by atoms with Crippen molar-refractivity contribution in [2.45, 2.75) is 20.4 Å². The van der Waals surface area contributed by atoms with Gasteiger partial charge in [0, 0.05) is 25.8 Å². The van der Waals surface area contributed by atoms with Crippen molar-refractivity contribution < 1.29 is 0 Å². The zero-order valence-corrected chi connectivity index (χ0v) is 13.9. The first-order valence-corrected chi connectivity index (χ1v) is 7.99. The van der Waals surface area contributed by atoms with Gasteiger partial charge in [-0.3, -0.25) is 14.3 Å². The predicted molar refractivity (Wildman–Crippen MR) is 92.9 cm³/mol. The Labute approximate surface area is 138 Å². The van der Waals surface area contributed by atoms with Gasteiger partial charge < -0.3 is 9.47 Å². The van der Waals surface area contributed by atoms with Gasteiger partial charge in [-0.1, -0.05) is 19.1 Å². The van der Waals surface area contributed by atoms with Crippen LogP contribution in [0.15, 0.2) is 33.9 Å². The Morgan fingerprint density at radius 3 is 2.79 bits per heavy atom. The molecule has 3 heterocycles. The molecule has 1 unspecified atom stereocenters. The van der Waals surface area contributed by atoms with E-state index in [1.165, 1.54) is 10.1 Å². The number of aromatic nitrogens is 4. The number of nitrogens with one attached hydrogen (secondary N) is 1. The molecule has 0 bridgehead atoms. The number of anilines is 2. The molecule has 0 fully saturated rings. The molecule has 124 valence electrons. The van der Waals surface area contributed by atoms with Crippen LogP contribution in [0.1, 0.15) is 12.5 Å². The van der Waals surface area contributed by atoms with Crippen molar-refractivity contribution in [2.24, 2.45) is 13.0 Å². The lowest BCUT2D eigenvalue weighted by atomic mass is 10.1. The number of aromatic amines is 1. The summed E-state index contributed by atoms with van der Waals surface area (Å²) in [5.74, 6) is 1.06. The zero-order valence-electron chi connectivity index (χ0n) is 13.9. The topological polar surface area (TPSA) is 75.9 Å². The Morgan fingerprint density at radius 2 is 2.04 bits per heavy atom. The van der Waals surface area contributed by atoms with Crippen LogP contribution in [-0.4, -0.2) is 25.6 Å². The molecule has 3 aromatic rings. The number of fused-ring (bicyclic) bond motifs is 3. The first-order valence-electron chi connectivity index (χ1n) is 7.99. The number of H-pyrrole nitrogens is 1. The lowest BCUT2D eigenvalue weighted by Crippen LogP contribution is -2.35. The Hall–Kier alpha value is -2.83. The Balaban J connectivity index is 2.02. The van der Waals surface area contributed by atoms with Gasteiger partial charge in [-0.15, -0.1) is 0 Å². The fourth-order valence-corrected chi connectivity index (χ4v) is 3.38. The molecule has 4 rings (SSSR count). The molecule has 7 heteroatoms. The van der Waals surface area contributed by atoms with Crippen LogP contribution in [-0.2, 0) is 13.6 Å². The average molecular weight is 325 g/mol. The van der Waals surface area contributed by atoms with E-state index in [0.29, 0.717) is 29.6 Å². The average Bonchev–Trinajstić information content (AvgIpc) is 2.91. The molecule has 0 amide bonds. The van der Waals surface area contributed by atoms with Gasteiger partial charge in [-0.05, 0) is 30.5 Å². The van der Waals surface area contributed by atoms with E-state index in [9.17, 15) is 9.59 Å². The molecular weight excluding hydrogens is 306 g/mol. The molecule has 0 radical (unpaired) electrons. The third-order valence-electron chi connectivity index (χ3n) is 4.53. The molecule has 0 aliphatic carbocycles. The summed E-state index contributed by atoms with van der Waals surface area (Å²) in [7, 11) is 1.63. The highest BCUT2D eigenvalue weighted by Gasteiger charge is 2.28. The van der Waals surface area contributed by atoms with Gasteiger partial charge in [0.25, 0.3) is 5.56 Å². The minimum Gasteiger partial charge on any atom is -0.312 e. The van der Waals surface area contributed by atoms with Crippen LogP contribution in [0.2, 0.25) is 0 Å². The monoisotopic (exact) mass is 325 g/mol. The molecule has 0 saturated heterocycles. The number of benzene rings is 1. The normalized spacial score (nSPS) is 17.3. The smallest absolute Gasteiger partial charge is 0.312 e. The highest BCUT2D eigenvalue weighted by Crippen LogP contribution is 2.32. The van der Waals surface area contributed by atoms with Crippen molar-refractivity contribution in [3.63, 3.8) is 0 Å². The van der Waals surface area contributed by atoms with E-state index in [4.69, 9.17) is 0 Å².